The van der Waals surface area contributed by atoms with E-state index in [0.717, 1.165) is 5.56 Å². The quantitative estimate of drug-likeness (QED) is 0.786. The van der Waals surface area contributed by atoms with Crippen LogP contribution in [0.25, 0.3) is 0 Å². The number of carbonyl (C=O) groups is 1. The summed E-state index contributed by atoms with van der Waals surface area (Å²) in [6.07, 6.45) is 1.57. The zero-order chi connectivity index (χ0) is 13.1. The van der Waals surface area contributed by atoms with Crippen LogP contribution in [-0.2, 0) is 7.05 Å². The van der Waals surface area contributed by atoms with Crippen LogP contribution in [0.4, 0.5) is 5.69 Å². The van der Waals surface area contributed by atoms with E-state index in [4.69, 9.17) is 5.73 Å². The van der Waals surface area contributed by atoms with Crippen molar-refractivity contribution in [2.24, 2.45) is 7.05 Å². The molecule has 0 spiro atoms. The van der Waals surface area contributed by atoms with Gasteiger partial charge in [0, 0.05) is 12.7 Å². The topological polar surface area (TPSA) is 85.8 Å². The smallest absolute Gasteiger partial charge is 0.273 e. The zero-order valence-electron chi connectivity index (χ0n) is 10.3. The maximum atomic E-state index is 11.9. The van der Waals surface area contributed by atoms with Crippen LogP contribution in [0, 0.1) is 0 Å². The molecule has 1 amide bonds. The van der Waals surface area contributed by atoms with E-state index in [-0.39, 0.29) is 11.9 Å². The van der Waals surface area contributed by atoms with Gasteiger partial charge in [-0.2, -0.15) is 0 Å². The van der Waals surface area contributed by atoms with Gasteiger partial charge in [0.05, 0.1) is 12.2 Å². The number of nitrogens with two attached hydrogens (primary N) is 1. The third-order valence-electron chi connectivity index (χ3n) is 2.65. The molecule has 0 saturated heterocycles. The molecular formula is C12H15N5O. The molecule has 0 fully saturated rings. The number of hydrogen-bond acceptors (Lipinski definition) is 4. The fourth-order valence-corrected chi connectivity index (χ4v) is 1.70. The SMILES string of the molecule is CC(NC(=O)c1cn(C)nn1)c1ccccc1N. The predicted molar refractivity (Wildman–Crippen MR) is 67.7 cm³/mol. The molecule has 1 unspecified atom stereocenters. The molecule has 18 heavy (non-hydrogen) atoms. The van der Waals surface area contributed by atoms with Gasteiger partial charge in [-0.3, -0.25) is 9.48 Å². The molecule has 3 N–H and O–H groups in total. The van der Waals surface area contributed by atoms with Crippen molar-refractivity contribution in [3.05, 3.63) is 41.7 Å². The summed E-state index contributed by atoms with van der Waals surface area (Å²) >= 11 is 0. The van der Waals surface area contributed by atoms with Gasteiger partial charge in [0.15, 0.2) is 5.69 Å². The van der Waals surface area contributed by atoms with Crippen LogP contribution in [0.15, 0.2) is 30.5 Å². The molecular weight excluding hydrogens is 230 g/mol. The first-order chi connectivity index (χ1) is 8.58. The standard InChI is InChI=1S/C12H15N5O/c1-8(9-5-3-4-6-10(9)13)14-12(18)11-7-17(2)16-15-11/h3-8H,13H2,1-2H3,(H,14,18). The molecule has 1 aromatic carbocycles. The summed E-state index contributed by atoms with van der Waals surface area (Å²) in [7, 11) is 1.71. The lowest BCUT2D eigenvalue weighted by atomic mass is 10.1. The number of benzene rings is 1. The average Bonchev–Trinajstić information content (AvgIpc) is 2.76. The van der Waals surface area contributed by atoms with Gasteiger partial charge in [-0.05, 0) is 18.6 Å². The van der Waals surface area contributed by atoms with E-state index in [1.807, 2.05) is 25.1 Å². The Hall–Kier alpha value is -2.37. The van der Waals surface area contributed by atoms with Crippen molar-refractivity contribution in [3.8, 4) is 0 Å². The van der Waals surface area contributed by atoms with Crippen molar-refractivity contribution in [2.75, 3.05) is 5.73 Å². The van der Waals surface area contributed by atoms with E-state index in [1.165, 1.54) is 4.68 Å². The Morgan fingerprint density at radius 2 is 2.17 bits per heavy atom. The molecule has 0 radical (unpaired) electrons. The first-order valence-corrected chi connectivity index (χ1v) is 5.59. The first kappa shape index (κ1) is 12.1. The summed E-state index contributed by atoms with van der Waals surface area (Å²) in [6.45, 7) is 1.87. The van der Waals surface area contributed by atoms with E-state index < -0.39 is 0 Å². The predicted octanol–water partition coefficient (Wildman–Crippen LogP) is 0.888. The first-order valence-electron chi connectivity index (χ1n) is 5.59. The molecule has 2 aromatic rings. The number of nitrogens with zero attached hydrogens (tertiary/aromatic N) is 3. The van der Waals surface area contributed by atoms with Crippen molar-refractivity contribution in [1.82, 2.24) is 20.3 Å². The van der Waals surface area contributed by atoms with Crippen LogP contribution >= 0.6 is 0 Å². The summed E-state index contributed by atoms with van der Waals surface area (Å²) < 4.78 is 1.48. The minimum atomic E-state index is -0.265. The number of anilines is 1. The molecule has 2 rings (SSSR count). The van der Waals surface area contributed by atoms with Crippen molar-refractivity contribution < 1.29 is 4.79 Å². The van der Waals surface area contributed by atoms with E-state index in [2.05, 4.69) is 15.6 Å². The maximum absolute atomic E-state index is 11.9. The van der Waals surface area contributed by atoms with Gasteiger partial charge in [-0.15, -0.1) is 5.10 Å². The van der Waals surface area contributed by atoms with E-state index >= 15 is 0 Å². The molecule has 1 heterocycles. The number of para-hydroxylation sites is 1. The molecule has 1 aromatic heterocycles. The Kier molecular flexibility index (Phi) is 3.27. The van der Waals surface area contributed by atoms with E-state index in [9.17, 15) is 4.79 Å². The zero-order valence-corrected chi connectivity index (χ0v) is 10.3. The van der Waals surface area contributed by atoms with Crippen LogP contribution in [0.1, 0.15) is 29.0 Å². The van der Waals surface area contributed by atoms with Crippen molar-refractivity contribution in [1.29, 1.82) is 0 Å². The second kappa shape index (κ2) is 4.87. The number of amides is 1. The number of aromatic nitrogens is 3. The molecule has 0 aliphatic carbocycles. The van der Waals surface area contributed by atoms with Crippen LogP contribution in [0.3, 0.4) is 0 Å². The summed E-state index contributed by atoms with van der Waals surface area (Å²) in [5.41, 5.74) is 7.69. The van der Waals surface area contributed by atoms with Gasteiger partial charge in [0.1, 0.15) is 0 Å². The normalized spacial score (nSPS) is 12.1. The van der Waals surface area contributed by atoms with Crippen molar-refractivity contribution in [2.45, 2.75) is 13.0 Å². The van der Waals surface area contributed by atoms with Crippen LogP contribution < -0.4 is 11.1 Å². The largest absolute Gasteiger partial charge is 0.398 e. The van der Waals surface area contributed by atoms with Crippen molar-refractivity contribution >= 4 is 11.6 Å². The van der Waals surface area contributed by atoms with Crippen molar-refractivity contribution in [3.63, 3.8) is 0 Å². The molecule has 6 heteroatoms. The van der Waals surface area contributed by atoms with Gasteiger partial charge < -0.3 is 11.1 Å². The Morgan fingerprint density at radius 1 is 1.44 bits per heavy atom. The van der Waals surface area contributed by atoms with Gasteiger partial charge in [-0.25, -0.2) is 0 Å². The lowest BCUT2D eigenvalue weighted by Gasteiger charge is -2.15. The minimum Gasteiger partial charge on any atom is -0.398 e. The molecule has 0 aliphatic rings. The number of nitrogens with one attached hydrogen (secondary N) is 1. The fourth-order valence-electron chi connectivity index (χ4n) is 1.70. The highest BCUT2D eigenvalue weighted by Crippen LogP contribution is 2.19. The van der Waals surface area contributed by atoms with Crippen LogP contribution in [0.5, 0.6) is 0 Å². The number of aryl methyl sites for hydroxylation is 1. The molecule has 6 nitrogen and oxygen atoms in total. The molecule has 0 aliphatic heterocycles. The highest BCUT2D eigenvalue weighted by Gasteiger charge is 2.15. The number of carbonyl (C=O) groups excluding carboxylic acids is 1. The van der Waals surface area contributed by atoms with E-state index in [0.29, 0.717) is 11.4 Å². The van der Waals surface area contributed by atoms with Gasteiger partial charge in [0.2, 0.25) is 0 Å². The number of nitrogen functional groups attached to an aromatic ring is 1. The average molecular weight is 245 g/mol. The summed E-state index contributed by atoms with van der Waals surface area (Å²) in [6, 6.07) is 7.25. The third kappa shape index (κ3) is 2.48. The molecule has 0 saturated carbocycles. The Bertz CT molecular complexity index is 563. The molecule has 94 valence electrons. The lowest BCUT2D eigenvalue weighted by molar-refractivity contribution is 0.0935. The van der Waals surface area contributed by atoms with Gasteiger partial charge >= 0.3 is 0 Å². The highest BCUT2D eigenvalue weighted by atomic mass is 16.2. The second-order valence-electron chi connectivity index (χ2n) is 4.10. The van der Waals surface area contributed by atoms with Crippen LogP contribution in [0.2, 0.25) is 0 Å². The summed E-state index contributed by atoms with van der Waals surface area (Å²) in [5.74, 6) is -0.265. The second-order valence-corrected chi connectivity index (χ2v) is 4.10. The monoisotopic (exact) mass is 245 g/mol. The third-order valence-corrected chi connectivity index (χ3v) is 2.65. The Balaban J connectivity index is 2.10. The summed E-state index contributed by atoms with van der Waals surface area (Å²) in [4.78, 5) is 11.9. The number of rotatable bonds is 3. The summed E-state index contributed by atoms with van der Waals surface area (Å²) in [5, 5.41) is 10.3. The fraction of sp³-hybridized carbons (Fsp3) is 0.250. The maximum Gasteiger partial charge on any atom is 0.273 e. The molecule has 1 atom stereocenters. The minimum absolute atomic E-state index is 0.180. The molecule has 0 bridgehead atoms. The lowest BCUT2D eigenvalue weighted by Crippen LogP contribution is -2.27. The number of hydrogen-bond donors (Lipinski definition) is 2. The van der Waals surface area contributed by atoms with Gasteiger partial charge in [-0.1, -0.05) is 23.4 Å². The van der Waals surface area contributed by atoms with Gasteiger partial charge in [0.25, 0.3) is 5.91 Å². The highest BCUT2D eigenvalue weighted by molar-refractivity contribution is 5.92. The van der Waals surface area contributed by atoms with Crippen LogP contribution in [-0.4, -0.2) is 20.9 Å². The Labute approximate surface area is 105 Å². The van der Waals surface area contributed by atoms with E-state index in [1.54, 1.807) is 19.3 Å². The Morgan fingerprint density at radius 3 is 2.78 bits per heavy atom.